The van der Waals surface area contributed by atoms with Gasteiger partial charge in [-0.3, -0.25) is 4.79 Å². The van der Waals surface area contributed by atoms with Crippen LogP contribution >= 0.6 is 0 Å². The number of ether oxygens (including phenoxy) is 1. The first-order valence-corrected chi connectivity index (χ1v) is 7.65. The Balaban J connectivity index is 1.77. The van der Waals surface area contributed by atoms with E-state index >= 15 is 0 Å². The van der Waals surface area contributed by atoms with Gasteiger partial charge in [-0.2, -0.15) is 0 Å². The van der Waals surface area contributed by atoms with Gasteiger partial charge in [0.15, 0.2) is 0 Å². The first kappa shape index (κ1) is 14.8. The molecule has 2 aliphatic rings. The topological polar surface area (TPSA) is 64.4 Å². The molecule has 1 aliphatic heterocycles. The number of carbonyl (C=O) groups excluding carboxylic acids is 1. The highest BCUT2D eigenvalue weighted by atomic mass is 16.5. The van der Waals surface area contributed by atoms with Crippen LogP contribution in [0.3, 0.4) is 0 Å². The van der Waals surface area contributed by atoms with Crippen molar-refractivity contribution in [1.82, 2.24) is 5.32 Å². The SMILES string of the molecule is CC1(C)CC(NC(=O)CC2CCCCC2N)CCO1. The summed E-state index contributed by atoms with van der Waals surface area (Å²) in [6, 6.07) is 0.474. The van der Waals surface area contributed by atoms with Crippen molar-refractivity contribution in [3.63, 3.8) is 0 Å². The van der Waals surface area contributed by atoms with Crippen LogP contribution in [0.25, 0.3) is 0 Å². The van der Waals surface area contributed by atoms with Crippen molar-refractivity contribution in [3.05, 3.63) is 0 Å². The lowest BCUT2D eigenvalue weighted by Crippen LogP contribution is -2.47. The van der Waals surface area contributed by atoms with Crippen LogP contribution in [-0.2, 0) is 9.53 Å². The van der Waals surface area contributed by atoms with Crippen molar-refractivity contribution in [3.8, 4) is 0 Å². The molecule has 19 heavy (non-hydrogen) atoms. The Morgan fingerprint density at radius 3 is 2.74 bits per heavy atom. The monoisotopic (exact) mass is 268 g/mol. The van der Waals surface area contributed by atoms with Crippen LogP contribution < -0.4 is 11.1 Å². The van der Waals surface area contributed by atoms with Crippen molar-refractivity contribution >= 4 is 5.91 Å². The second-order valence-corrected chi connectivity index (χ2v) is 6.78. The highest BCUT2D eigenvalue weighted by molar-refractivity contribution is 5.76. The second kappa shape index (κ2) is 6.23. The van der Waals surface area contributed by atoms with Gasteiger partial charge in [-0.25, -0.2) is 0 Å². The fraction of sp³-hybridized carbons (Fsp3) is 0.933. The van der Waals surface area contributed by atoms with Gasteiger partial charge in [0.25, 0.3) is 0 Å². The quantitative estimate of drug-likeness (QED) is 0.822. The highest BCUT2D eigenvalue weighted by Crippen LogP contribution is 2.27. The summed E-state index contributed by atoms with van der Waals surface area (Å²) < 4.78 is 5.67. The number of nitrogens with one attached hydrogen (secondary N) is 1. The Morgan fingerprint density at radius 1 is 1.32 bits per heavy atom. The van der Waals surface area contributed by atoms with Crippen LogP contribution in [0.4, 0.5) is 0 Å². The van der Waals surface area contributed by atoms with Crippen molar-refractivity contribution in [2.75, 3.05) is 6.61 Å². The minimum atomic E-state index is -0.114. The van der Waals surface area contributed by atoms with Gasteiger partial charge in [0.2, 0.25) is 5.91 Å². The van der Waals surface area contributed by atoms with E-state index in [0.717, 1.165) is 32.3 Å². The molecule has 0 aromatic heterocycles. The van der Waals surface area contributed by atoms with Gasteiger partial charge in [-0.05, 0) is 45.4 Å². The minimum absolute atomic E-state index is 0.114. The summed E-state index contributed by atoms with van der Waals surface area (Å²) in [6.45, 7) is 4.91. The van der Waals surface area contributed by atoms with Gasteiger partial charge in [0.1, 0.15) is 0 Å². The van der Waals surface area contributed by atoms with Crippen LogP contribution in [0.15, 0.2) is 0 Å². The smallest absolute Gasteiger partial charge is 0.220 e. The fourth-order valence-corrected chi connectivity index (χ4v) is 3.37. The molecule has 0 spiro atoms. The third-order valence-electron chi connectivity index (χ3n) is 4.48. The molecule has 0 aromatic carbocycles. The molecule has 0 bridgehead atoms. The largest absolute Gasteiger partial charge is 0.375 e. The molecule has 3 N–H and O–H groups in total. The molecule has 1 aliphatic carbocycles. The van der Waals surface area contributed by atoms with E-state index in [4.69, 9.17) is 10.5 Å². The minimum Gasteiger partial charge on any atom is -0.375 e. The maximum absolute atomic E-state index is 12.1. The van der Waals surface area contributed by atoms with E-state index < -0.39 is 0 Å². The Labute approximate surface area is 116 Å². The van der Waals surface area contributed by atoms with Crippen LogP contribution in [0.2, 0.25) is 0 Å². The van der Waals surface area contributed by atoms with E-state index in [1.165, 1.54) is 12.8 Å². The number of carbonyl (C=O) groups is 1. The maximum Gasteiger partial charge on any atom is 0.220 e. The van der Waals surface area contributed by atoms with E-state index in [0.29, 0.717) is 12.3 Å². The molecule has 3 unspecified atom stereocenters. The van der Waals surface area contributed by atoms with E-state index in [-0.39, 0.29) is 23.6 Å². The van der Waals surface area contributed by atoms with Crippen LogP contribution in [0.5, 0.6) is 0 Å². The normalized spacial score (nSPS) is 34.8. The predicted molar refractivity (Wildman–Crippen MR) is 75.7 cm³/mol. The number of hydrogen-bond acceptors (Lipinski definition) is 3. The van der Waals surface area contributed by atoms with Gasteiger partial charge in [-0.15, -0.1) is 0 Å². The summed E-state index contributed by atoms with van der Waals surface area (Å²) in [5.74, 6) is 0.548. The summed E-state index contributed by atoms with van der Waals surface area (Å²) in [7, 11) is 0. The van der Waals surface area contributed by atoms with Crippen LogP contribution in [-0.4, -0.2) is 30.2 Å². The molecule has 1 saturated heterocycles. The van der Waals surface area contributed by atoms with E-state index in [1.54, 1.807) is 0 Å². The molecule has 3 atom stereocenters. The number of rotatable bonds is 3. The van der Waals surface area contributed by atoms with E-state index in [9.17, 15) is 4.79 Å². The van der Waals surface area contributed by atoms with Gasteiger partial charge in [-0.1, -0.05) is 12.8 Å². The summed E-state index contributed by atoms with van der Waals surface area (Å²) >= 11 is 0. The van der Waals surface area contributed by atoms with Crippen LogP contribution in [0.1, 0.15) is 58.8 Å². The number of hydrogen-bond donors (Lipinski definition) is 2. The first-order valence-electron chi connectivity index (χ1n) is 7.65. The molecule has 4 heteroatoms. The van der Waals surface area contributed by atoms with Gasteiger partial charge in [0, 0.05) is 25.1 Å². The summed E-state index contributed by atoms with van der Waals surface area (Å²) in [6.07, 6.45) is 7.03. The Hall–Kier alpha value is -0.610. The molecule has 1 amide bonds. The van der Waals surface area contributed by atoms with Gasteiger partial charge >= 0.3 is 0 Å². The molecular formula is C15H28N2O2. The third-order valence-corrected chi connectivity index (χ3v) is 4.48. The number of nitrogens with two attached hydrogens (primary N) is 1. The second-order valence-electron chi connectivity index (χ2n) is 6.78. The molecule has 2 rings (SSSR count). The molecular weight excluding hydrogens is 240 g/mol. The van der Waals surface area contributed by atoms with Crippen molar-refractivity contribution in [2.45, 2.75) is 76.5 Å². The average Bonchev–Trinajstić information content (AvgIpc) is 2.30. The lowest BCUT2D eigenvalue weighted by atomic mass is 9.82. The van der Waals surface area contributed by atoms with Crippen molar-refractivity contribution in [1.29, 1.82) is 0 Å². The summed E-state index contributed by atoms with van der Waals surface area (Å²) in [4.78, 5) is 12.1. The molecule has 0 radical (unpaired) electrons. The summed E-state index contributed by atoms with van der Waals surface area (Å²) in [5, 5.41) is 3.17. The molecule has 1 heterocycles. The maximum atomic E-state index is 12.1. The zero-order valence-corrected chi connectivity index (χ0v) is 12.3. The third kappa shape index (κ3) is 4.46. The highest BCUT2D eigenvalue weighted by Gasteiger charge is 2.30. The van der Waals surface area contributed by atoms with Gasteiger partial charge in [0.05, 0.1) is 5.60 Å². The zero-order chi connectivity index (χ0) is 13.9. The fourth-order valence-electron chi connectivity index (χ4n) is 3.37. The van der Waals surface area contributed by atoms with E-state index in [2.05, 4.69) is 19.2 Å². The Kier molecular flexibility index (Phi) is 4.85. The zero-order valence-electron chi connectivity index (χ0n) is 12.3. The predicted octanol–water partition coefficient (Wildman–Crippen LogP) is 1.97. The Bertz CT molecular complexity index is 317. The van der Waals surface area contributed by atoms with Gasteiger partial charge < -0.3 is 15.8 Å². The average molecular weight is 268 g/mol. The standard InChI is InChI=1S/C15H28N2O2/c1-15(2)10-12(7-8-19-15)17-14(18)9-11-5-3-4-6-13(11)16/h11-13H,3-10,16H2,1-2H3,(H,17,18). The molecule has 2 fully saturated rings. The number of amides is 1. The van der Waals surface area contributed by atoms with Crippen molar-refractivity contribution in [2.24, 2.45) is 11.7 Å². The lowest BCUT2D eigenvalue weighted by molar-refractivity contribution is -0.125. The first-order chi connectivity index (χ1) is 8.96. The molecule has 110 valence electrons. The molecule has 1 saturated carbocycles. The van der Waals surface area contributed by atoms with E-state index in [1.807, 2.05) is 0 Å². The van der Waals surface area contributed by atoms with Crippen molar-refractivity contribution < 1.29 is 9.53 Å². The summed E-state index contributed by atoms with van der Waals surface area (Å²) in [5.41, 5.74) is 5.99. The molecule has 4 nitrogen and oxygen atoms in total. The lowest BCUT2D eigenvalue weighted by Gasteiger charge is -2.36. The Morgan fingerprint density at radius 2 is 2.05 bits per heavy atom. The molecule has 0 aromatic rings. The van der Waals surface area contributed by atoms with Crippen LogP contribution in [0, 0.1) is 5.92 Å².